The summed E-state index contributed by atoms with van der Waals surface area (Å²) < 4.78 is 11.2. The highest BCUT2D eigenvalue weighted by molar-refractivity contribution is 5.76. The Bertz CT molecular complexity index is 741. The highest BCUT2D eigenvalue weighted by Crippen LogP contribution is 2.23. The molecule has 6 N–H and O–H groups in total. The van der Waals surface area contributed by atoms with Crippen molar-refractivity contribution in [1.29, 1.82) is 0 Å². The van der Waals surface area contributed by atoms with Gasteiger partial charge in [-0.15, -0.1) is 0 Å². The predicted molar refractivity (Wildman–Crippen MR) is 198 cm³/mol. The molecule has 0 aromatic heterocycles. The van der Waals surface area contributed by atoms with E-state index in [9.17, 15) is 30.3 Å². The first-order chi connectivity index (χ1) is 23.8. The summed E-state index contributed by atoms with van der Waals surface area (Å²) in [6.07, 6.45) is 25.3. The highest BCUT2D eigenvalue weighted by atomic mass is 16.7. The summed E-state index contributed by atoms with van der Waals surface area (Å²) in [5.74, 6) is -0.144. The quantitative estimate of drug-likeness (QED) is 0.0376. The molecule has 1 heterocycles. The molecule has 9 heteroatoms. The second-order valence-electron chi connectivity index (χ2n) is 14.8. The first-order valence-corrected chi connectivity index (χ1v) is 20.7. The Hall–Kier alpha value is -0.810. The van der Waals surface area contributed by atoms with Gasteiger partial charge >= 0.3 is 0 Å². The number of amides is 1. The fourth-order valence-corrected chi connectivity index (χ4v) is 6.81. The molecule has 1 fully saturated rings. The van der Waals surface area contributed by atoms with Crippen LogP contribution in [0.2, 0.25) is 0 Å². The number of carbonyl (C=O) groups is 1. The number of hydrogen-bond donors (Lipinski definition) is 6. The molecule has 9 nitrogen and oxygen atoms in total. The second-order valence-corrected chi connectivity index (χ2v) is 14.8. The van der Waals surface area contributed by atoms with E-state index in [4.69, 9.17) is 9.47 Å². The fraction of sp³-hybridized carbons (Fsp3) is 0.975. The summed E-state index contributed by atoms with van der Waals surface area (Å²) in [6.45, 7) is 3.82. The van der Waals surface area contributed by atoms with Crippen molar-refractivity contribution in [3.63, 3.8) is 0 Å². The Kier molecular flexibility index (Phi) is 30.1. The summed E-state index contributed by atoms with van der Waals surface area (Å²) in [5.41, 5.74) is 0. The van der Waals surface area contributed by atoms with E-state index in [1.54, 1.807) is 0 Å². The van der Waals surface area contributed by atoms with E-state index < -0.39 is 49.5 Å². The van der Waals surface area contributed by atoms with Crippen LogP contribution in [0.5, 0.6) is 0 Å². The maximum Gasteiger partial charge on any atom is 0.220 e. The average Bonchev–Trinajstić information content (AvgIpc) is 3.10. The summed E-state index contributed by atoms with van der Waals surface area (Å²) in [6, 6.07) is -0.709. The molecule has 1 rings (SSSR count). The third-order valence-electron chi connectivity index (χ3n) is 10.2. The van der Waals surface area contributed by atoms with Gasteiger partial charge in [-0.05, 0) is 12.8 Å². The standard InChI is InChI=1S/C40H79NO8/c1-3-5-7-9-11-13-15-17-19-21-23-25-27-29-34(43)33(32-48-40-39(47)38(46)37(45)35(31-42)49-40)41-36(44)30-28-26-24-22-20-18-16-14-12-10-8-6-4-2/h33-35,37-40,42-43,45-47H,3-32H2,1-2H3,(H,41,44)/t33-,34+,35?,37?,38-,39?,40-/m0/s1. The molecule has 292 valence electrons. The molecule has 0 aromatic carbocycles. The third-order valence-corrected chi connectivity index (χ3v) is 10.2. The minimum Gasteiger partial charge on any atom is -0.394 e. The van der Waals surface area contributed by atoms with E-state index in [0.29, 0.717) is 12.8 Å². The fourth-order valence-electron chi connectivity index (χ4n) is 6.81. The Balaban J connectivity index is 2.38. The first-order valence-electron chi connectivity index (χ1n) is 20.7. The van der Waals surface area contributed by atoms with Crippen molar-refractivity contribution in [2.24, 2.45) is 0 Å². The van der Waals surface area contributed by atoms with Crippen molar-refractivity contribution in [3.8, 4) is 0 Å². The van der Waals surface area contributed by atoms with Gasteiger partial charge in [0.1, 0.15) is 24.4 Å². The molecule has 0 aromatic rings. The number of carbonyl (C=O) groups excluding carboxylic acids is 1. The number of hydrogen-bond acceptors (Lipinski definition) is 8. The smallest absolute Gasteiger partial charge is 0.220 e. The predicted octanol–water partition coefficient (Wildman–Crippen LogP) is 7.61. The van der Waals surface area contributed by atoms with Crippen LogP contribution in [0.1, 0.15) is 194 Å². The largest absolute Gasteiger partial charge is 0.394 e. The van der Waals surface area contributed by atoms with Gasteiger partial charge in [0.25, 0.3) is 0 Å². The molecule has 0 aliphatic carbocycles. The third kappa shape index (κ3) is 23.4. The van der Waals surface area contributed by atoms with Crippen LogP contribution < -0.4 is 5.32 Å². The molecular formula is C40H79NO8. The molecule has 1 amide bonds. The van der Waals surface area contributed by atoms with Crippen LogP contribution in [-0.4, -0.2) is 87.5 Å². The van der Waals surface area contributed by atoms with Crippen LogP contribution in [0.4, 0.5) is 0 Å². The zero-order valence-electron chi connectivity index (χ0n) is 31.7. The van der Waals surface area contributed by atoms with E-state index in [2.05, 4.69) is 19.2 Å². The first kappa shape index (κ1) is 46.2. The molecule has 0 radical (unpaired) electrons. The minimum atomic E-state index is -1.55. The van der Waals surface area contributed by atoms with Crippen molar-refractivity contribution in [2.45, 2.75) is 236 Å². The molecule has 7 atom stereocenters. The van der Waals surface area contributed by atoms with Gasteiger partial charge in [-0.2, -0.15) is 0 Å². The topological polar surface area (TPSA) is 149 Å². The molecule has 3 unspecified atom stereocenters. The molecule has 1 aliphatic heterocycles. The van der Waals surface area contributed by atoms with Gasteiger partial charge in [-0.25, -0.2) is 0 Å². The van der Waals surface area contributed by atoms with Crippen LogP contribution >= 0.6 is 0 Å². The van der Waals surface area contributed by atoms with E-state index >= 15 is 0 Å². The van der Waals surface area contributed by atoms with Gasteiger partial charge in [0, 0.05) is 6.42 Å². The van der Waals surface area contributed by atoms with Crippen LogP contribution in [0.25, 0.3) is 0 Å². The van der Waals surface area contributed by atoms with Crippen molar-refractivity contribution in [3.05, 3.63) is 0 Å². The number of rotatable bonds is 34. The lowest BCUT2D eigenvalue weighted by atomic mass is 9.99. The van der Waals surface area contributed by atoms with Crippen LogP contribution in [0, 0.1) is 0 Å². The van der Waals surface area contributed by atoms with Gasteiger partial charge < -0.3 is 40.3 Å². The van der Waals surface area contributed by atoms with Crippen LogP contribution in [0.15, 0.2) is 0 Å². The maximum absolute atomic E-state index is 12.9. The number of aliphatic hydroxyl groups is 5. The van der Waals surface area contributed by atoms with Gasteiger partial charge in [0.15, 0.2) is 6.29 Å². The van der Waals surface area contributed by atoms with E-state index in [1.807, 2.05) is 0 Å². The lowest BCUT2D eigenvalue weighted by Gasteiger charge is -2.40. The zero-order valence-corrected chi connectivity index (χ0v) is 31.7. The van der Waals surface area contributed by atoms with Crippen LogP contribution in [-0.2, 0) is 14.3 Å². The Morgan fingerprint density at radius 1 is 0.612 bits per heavy atom. The summed E-state index contributed by atoms with van der Waals surface area (Å²) >= 11 is 0. The van der Waals surface area contributed by atoms with Crippen LogP contribution in [0.3, 0.4) is 0 Å². The maximum atomic E-state index is 12.9. The van der Waals surface area contributed by atoms with E-state index in [1.165, 1.54) is 128 Å². The van der Waals surface area contributed by atoms with E-state index in [0.717, 1.165) is 38.5 Å². The van der Waals surface area contributed by atoms with Gasteiger partial charge in [0.05, 0.1) is 25.4 Å². The van der Waals surface area contributed by atoms with Crippen molar-refractivity contribution >= 4 is 5.91 Å². The normalized spacial score (nSPS) is 22.3. The number of ether oxygens (including phenoxy) is 2. The molecule has 1 aliphatic rings. The van der Waals surface area contributed by atoms with Gasteiger partial charge in [-0.3, -0.25) is 4.79 Å². The summed E-state index contributed by atoms with van der Waals surface area (Å²) in [4.78, 5) is 12.9. The van der Waals surface area contributed by atoms with Crippen molar-refractivity contribution in [1.82, 2.24) is 5.32 Å². The summed E-state index contributed by atoms with van der Waals surface area (Å²) in [7, 11) is 0. The Morgan fingerprint density at radius 2 is 1.02 bits per heavy atom. The zero-order chi connectivity index (χ0) is 36.0. The number of unbranched alkanes of at least 4 members (excludes halogenated alkanes) is 24. The Morgan fingerprint density at radius 3 is 1.45 bits per heavy atom. The molecule has 0 bridgehead atoms. The second kappa shape index (κ2) is 31.9. The van der Waals surface area contributed by atoms with Gasteiger partial charge in [-0.1, -0.05) is 174 Å². The number of aliphatic hydroxyl groups excluding tert-OH is 5. The molecule has 49 heavy (non-hydrogen) atoms. The SMILES string of the molecule is CCCCCCCCCCCCCCCC(=O)N[C@@H](CO[C@H]1OC(CO)C(O)[C@H](O)C1O)[C@H](O)CCCCCCCCCCCCCCC. The lowest BCUT2D eigenvalue weighted by Crippen LogP contribution is -2.60. The monoisotopic (exact) mass is 702 g/mol. The summed E-state index contributed by atoms with van der Waals surface area (Å²) in [5, 5.41) is 54.1. The highest BCUT2D eigenvalue weighted by Gasteiger charge is 2.44. The van der Waals surface area contributed by atoms with E-state index in [-0.39, 0.29) is 12.5 Å². The molecular weight excluding hydrogens is 622 g/mol. The van der Waals surface area contributed by atoms with Crippen molar-refractivity contribution in [2.75, 3.05) is 13.2 Å². The lowest BCUT2D eigenvalue weighted by molar-refractivity contribution is -0.302. The number of nitrogens with one attached hydrogen (secondary N) is 1. The molecule has 1 saturated heterocycles. The van der Waals surface area contributed by atoms with Gasteiger partial charge in [0.2, 0.25) is 5.91 Å². The molecule has 0 spiro atoms. The Labute approximate surface area is 300 Å². The molecule has 0 saturated carbocycles. The van der Waals surface area contributed by atoms with Crippen molar-refractivity contribution < 1.29 is 39.8 Å². The average molecular weight is 702 g/mol. The minimum absolute atomic E-state index is 0.132.